The second kappa shape index (κ2) is 12.0. The summed E-state index contributed by atoms with van der Waals surface area (Å²) in [6.07, 6.45) is 7.75. The van der Waals surface area contributed by atoms with Crippen molar-refractivity contribution in [3.63, 3.8) is 0 Å². The van der Waals surface area contributed by atoms with E-state index in [1.807, 2.05) is 29.2 Å². The number of para-hydroxylation sites is 1. The molecule has 0 atom stereocenters. The molecule has 2 amide bonds. The topological polar surface area (TPSA) is 109 Å². The van der Waals surface area contributed by atoms with Gasteiger partial charge in [0.05, 0.1) is 47.5 Å². The van der Waals surface area contributed by atoms with Crippen LogP contribution in [0.15, 0.2) is 53.8 Å². The van der Waals surface area contributed by atoms with Gasteiger partial charge in [-0.2, -0.15) is 0 Å². The highest BCUT2D eigenvalue weighted by atomic mass is 79.9. The van der Waals surface area contributed by atoms with Crippen molar-refractivity contribution in [3.8, 4) is 22.8 Å². The average Bonchev–Trinajstić information content (AvgIpc) is 3.58. The number of rotatable bonds is 6. The number of carbonyl (C=O) groups excluding carboxylic acids is 2. The van der Waals surface area contributed by atoms with E-state index in [2.05, 4.69) is 43.1 Å². The summed E-state index contributed by atoms with van der Waals surface area (Å²) >= 11 is 3.50. The summed E-state index contributed by atoms with van der Waals surface area (Å²) in [4.78, 5) is 32.8. The van der Waals surface area contributed by atoms with Crippen LogP contribution in [0, 0.1) is 0 Å². The lowest BCUT2D eigenvalue weighted by atomic mass is 10.0. The van der Waals surface area contributed by atoms with Crippen LogP contribution < -0.4 is 20.1 Å². The molecule has 1 aromatic carbocycles. The van der Waals surface area contributed by atoms with Crippen LogP contribution >= 0.6 is 15.9 Å². The Labute approximate surface area is 224 Å². The summed E-state index contributed by atoms with van der Waals surface area (Å²) in [5.41, 5.74) is 4.48. The molecule has 194 valence electrons. The predicted molar refractivity (Wildman–Crippen MR) is 147 cm³/mol. The van der Waals surface area contributed by atoms with Gasteiger partial charge in [-0.15, -0.1) is 0 Å². The lowest BCUT2D eigenvalue weighted by Gasteiger charge is -2.17. The van der Waals surface area contributed by atoms with Crippen molar-refractivity contribution >= 4 is 39.1 Å². The van der Waals surface area contributed by atoms with Crippen LogP contribution in [0.25, 0.3) is 11.3 Å². The van der Waals surface area contributed by atoms with Crippen molar-refractivity contribution < 1.29 is 19.1 Å². The third kappa shape index (κ3) is 5.64. The van der Waals surface area contributed by atoms with E-state index in [4.69, 9.17) is 9.47 Å². The number of likely N-dealkylation sites (tertiary alicyclic amines) is 1. The minimum Gasteiger partial charge on any atom is -0.494 e. The molecular formula is C27H30BrN5O4. The van der Waals surface area contributed by atoms with Gasteiger partial charge < -0.3 is 30.0 Å². The van der Waals surface area contributed by atoms with E-state index in [-0.39, 0.29) is 11.8 Å². The SMILES string of the molecule is C=CC(=O)N1CCCC1.COc1cnccc1-c1[nH]c2c(c1Nc1cccc(Br)c1OC)C(=O)NCC2. The van der Waals surface area contributed by atoms with Gasteiger partial charge >= 0.3 is 0 Å². The molecule has 2 aliphatic rings. The number of pyridine rings is 1. The van der Waals surface area contributed by atoms with E-state index in [0.717, 1.165) is 59.5 Å². The first kappa shape index (κ1) is 26.3. The second-order valence-electron chi connectivity index (χ2n) is 8.49. The summed E-state index contributed by atoms with van der Waals surface area (Å²) in [5.74, 6) is 1.23. The Bertz CT molecular complexity index is 1300. The number of nitrogens with zero attached hydrogens (tertiary/aromatic N) is 2. The van der Waals surface area contributed by atoms with Crippen LogP contribution in [0.2, 0.25) is 0 Å². The molecule has 0 radical (unpaired) electrons. The Morgan fingerprint density at radius 3 is 2.70 bits per heavy atom. The van der Waals surface area contributed by atoms with E-state index in [1.165, 1.54) is 6.08 Å². The lowest BCUT2D eigenvalue weighted by molar-refractivity contribution is -0.124. The van der Waals surface area contributed by atoms with Crippen molar-refractivity contribution in [2.75, 3.05) is 39.2 Å². The maximum atomic E-state index is 12.7. The molecule has 1 saturated heterocycles. The maximum Gasteiger partial charge on any atom is 0.255 e. The minimum absolute atomic E-state index is 0.0764. The van der Waals surface area contributed by atoms with Gasteiger partial charge in [-0.1, -0.05) is 12.6 Å². The number of ether oxygens (including phenoxy) is 2. The van der Waals surface area contributed by atoms with Gasteiger partial charge in [-0.05, 0) is 53.0 Å². The van der Waals surface area contributed by atoms with E-state index < -0.39 is 0 Å². The first-order chi connectivity index (χ1) is 18.0. The number of nitrogens with one attached hydrogen (secondary N) is 3. The van der Waals surface area contributed by atoms with Crippen LogP contribution in [-0.2, 0) is 11.2 Å². The Morgan fingerprint density at radius 2 is 2.00 bits per heavy atom. The highest BCUT2D eigenvalue weighted by molar-refractivity contribution is 9.10. The van der Waals surface area contributed by atoms with Gasteiger partial charge in [0, 0.05) is 43.5 Å². The zero-order chi connectivity index (χ0) is 26.4. The summed E-state index contributed by atoms with van der Waals surface area (Å²) in [6.45, 7) is 5.85. The summed E-state index contributed by atoms with van der Waals surface area (Å²) in [7, 11) is 3.21. The van der Waals surface area contributed by atoms with Crippen LogP contribution in [-0.4, -0.2) is 60.5 Å². The van der Waals surface area contributed by atoms with Gasteiger partial charge in [0.25, 0.3) is 5.91 Å². The Hall–Kier alpha value is -3.79. The van der Waals surface area contributed by atoms with Crippen molar-refractivity contribution in [3.05, 3.63) is 65.0 Å². The number of amides is 2. The summed E-state index contributed by atoms with van der Waals surface area (Å²) in [6, 6.07) is 7.56. The number of anilines is 2. The predicted octanol–water partition coefficient (Wildman–Crippen LogP) is 4.68. The van der Waals surface area contributed by atoms with Crippen LogP contribution in [0.5, 0.6) is 11.5 Å². The number of fused-ring (bicyclic) bond motifs is 1. The van der Waals surface area contributed by atoms with Crippen LogP contribution in [0.4, 0.5) is 11.4 Å². The van der Waals surface area contributed by atoms with Gasteiger partial charge in [-0.25, -0.2) is 0 Å². The molecule has 0 spiro atoms. The van der Waals surface area contributed by atoms with Crippen LogP contribution in [0.3, 0.4) is 0 Å². The fourth-order valence-electron chi connectivity index (χ4n) is 4.47. The quantitative estimate of drug-likeness (QED) is 0.373. The number of aromatic amines is 1. The highest BCUT2D eigenvalue weighted by Gasteiger charge is 2.28. The number of hydrogen-bond acceptors (Lipinski definition) is 6. The standard InChI is InChI=1S/C20H19BrN4O3.C7H11NO/c1-27-15-10-22-8-6-11(15)17-18(16-13(24-17)7-9-23-20(16)26)25-14-5-3-4-12(21)19(14)28-2;1-2-7(9)8-5-3-4-6-8/h3-6,8,10,24-25H,7,9H2,1-2H3,(H,23,26);2H,1,3-6H2. The largest absolute Gasteiger partial charge is 0.494 e. The molecule has 10 heteroatoms. The molecule has 0 saturated carbocycles. The molecule has 2 aliphatic heterocycles. The average molecular weight is 568 g/mol. The van der Waals surface area contributed by atoms with Crippen molar-refractivity contribution in [1.82, 2.24) is 20.2 Å². The summed E-state index contributed by atoms with van der Waals surface area (Å²) < 4.78 is 11.8. The molecule has 37 heavy (non-hydrogen) atoms. The smallest absolute Gasteiger partial charge is 0.255 e. The molecule has 1 fully saturated rings. The minimum atomic E-state index is -0.117. The molecule has 2 aromatic heterocycles. The van der Waals surface area contributed by atoms with E-state index in [1.54, 1.807) is 26.6 Å². The van der Waals surface area contributed by atoms with Gasteiger partial charge in [-0.3, -0.25) is 14.6 Å². The lowest BCUT2D eigenvalue weighted by Crippen LogP contribution is -2.31. The van der Waals surface area contributed by atoms with Crippen molar-refractivity contribution in [1.29, 1.82) is 0 Å². The van der Waals surface area contributed by atoms with Gasteiger partial charge in [0.1, 0.15) is 5.75 Å². The molecular weight excluding hydrogens is 538 g/mol. The number of methoxy groups -OCH3 is 2. The molecule has 9 nitrogen and oxygen atoms in total. The molecule has 4 heterocycles. The maximum absolute atomic E-state index is 12.7. The first-order valence-electron chi connectivity index (χ1n) is 12.0. The number of H-pyrrole nitrogens is 1. The van der Waals surface area contributed by atoms with Gasteiger partial charge in [0.2, 0.25) is 5.91 Å². The second-order valence-corrected chi connectivity index (χ2v) is 9.35. The van der Waals surface area contributed by atoms with Crippen molar-refractivity contribution in [2.24, 2.45) is 0 Å². The van der Waals surface area contributed by atoms with Gasteiger partial charge in [0.15, 0.2) is 5.75 Å². The molecule has 3 aromatic rings. The number of carbonyl (C=O) groups is 2. The first-order valence-corrected chi connectivity index (χ1v) is 12.8. The normalized spacial score (nSPS) is 14.1. The van der Waals surface area contributed by atoms with Crippen LogP contribution in [0.1, 0.15) is 28.9 Å². The Balaban J connectivity index is 0.000000301. The van der Waals surface area contributed by atoms with E-state index in [0.29, 0.717) is 29.3 Å². The zero-order valence-corrected chi connectivity index (χ0v) is 22.5. The zero-order valence-electron chi connectivity index (χ0n) is 20.9. The number of halogens is 1. The molecule has 3 N–H and O–H groups in total. The van der Waals surface area contributed by atoms with Crippen molar-refractivity contribution in [2.45, 2.75) is 19.3 Å². The fourth-order valence-corrected chi connectivity index (χ4v) is 5.00. The molecule has 0 unspecified atom stereocenters. The monoisotopic (exact) mass is 567 g/mol. The van der Waals surface area contributed by atoms with E-state index in [9.17, 15) is 9.59 Å². The Morgan fingerprint density at radius 1 is 1.22 bits per heavy atom. The Kier molecular flexibility index (Phi) is 8.50. The highest BCUT2D eigenvalue weighted by Crippen LogP contribution is 2.42. The number of hydrogen-bond donors (Lipinski definition) is 3. The fraction of sp³-hybridized carbons (Fsp3) is 0.296. The molecule has 0 aliphatic carbocycles. The van der Waals surface area contributed by atoms with E-state index >= 15 is 0 Å². The number of aromatic nitrogens is 2. The third-order valence-corrected chi connectivity index (χ3v) is 6.89. The molecule has 0 bridgehead atoms. The molecule has 5 rings (SSSR count). The summed E-state index contributed by atoms with van der Waals surface area (Å²) in [5, 5.41) is 6.31. The third-order valence-electron chi connectivity index (χ3n) is 6.26. The number of benzene rings is 1.